The average molecular weight is 281 g/mol. The molecule has 5 heteroatoms. The zero-order chi connectivity index (χ0) is 14.8. The van der Waals surface area contributed by atoms with Crippen molar-refractivity contribution in [2.75, 3.05) is 13.2 Å². The number of halogens is 1. The Morgan fingerprint density at radius 2 is 2.05 bits per heavy atom. The predicted octanol–water partition coefficient (Wildman–Crippen LogP) is 2.96. The summed E-state index contributed by atoms with van der Waals surface area (Å²) in [7, 11) is 0. The summed E-state index contributed by atoms with van der Waals surface area (Å²) in [6.45, 7) is 6.50. The van der Waals surface area contributed by atoms with Crippen molar-refractivity contribution in [2.24, 2.45) is 0 Å². The SMILES string of the molecule is CC(C)(C)OC(=O)N1CCOC1Cc1ccc(F)cc1. The van der Waals surface area contributed by atoms with Crippen LogP contribution in [0.3, 0.4) is 0 Å². The molecule has 1 atom stereocenters. The van der Waals surface area contributed by atoms with E-state index in [1.807, 2.05) is 20.8 Å². The Kier molecular flexibility index (Phi) is 4.28. The number of carbonyl (C=O) groups excluding carboxylic acids is 1. The molecule has 2 rings (SSSR count). The van der Waals surface area contributed by atoms with Crippen LogP contribution in [-0.2, 0) is 15.9 Å². The normalized spacial score (nSPS) is 19.2. The fraction of sp³-hybridized carbons (Fsp3) is 0.533. The van der Waals surface area contributed by atoms with Crippen LogP contribution >= 0.6 is 0 Å². The molecule has 0 N–H and O–H groups in total. The van der Waals surface area contributed by atoms with Crippen molar-refractivity contribution < 1.29 is 18.7 Å². The molecule has 1 aromatic carbocycles. The summed E-state index contributed by atoms with van der Waals surface area (Å²) >= 11 is 0. The number of hydrogen-bond donors (Lipinski definition) is 0. The van der Waals surface area contributed by atoms with Gasteiger partial charge in [-0.1, -0.05) is 12.1 Å². The van der Waals surface area contributed by atoms with E-state index in [-0.39, 0.29) is 18.1 Å². The Hall–Kier alpha value is -1.62. The van der Waals surface area contributed by atoms with Crippen molar-refractivity contribution >= 4 is 6.09 Å². The first kappa shape index (κ1) is 14.8. The van der Waals surface area contributed by atoms with Crippen molar-refractivity contribution in [1.29, 1.82) is 0 Å². The molecule has 1 saturated heterocycles. The minimum absolute atomic E-state index is 0.273. The maximum absolute atomic E-state index is 12.9. The topological polar surface area (TPSA) is 38.8 Å². The van der Waals surface area contributed by atoms with Gasteiger partial charge in [-0.3, -0.25) is 4.90 Å². The van der Waals surface area contributed by atoms with Crippen LogP contribution in [-0.4, -0.2) is 36.0 Å². The first-order chi connectivity index (χ1) is 9.35. The predicted molar refractivity (Wildman–Crippen MR) is 72.8 cm³/mol. The molecule has 110 valence electrons. The van der Waals surface area contributed by atoms with Gasteiger partial charge in [0.1, 0.15) is 17.6 Å². The molecule has 1 amide bonds. The molecule has 20 heavy (non-hydrogen) atoms. The highest BCUT2D eigenvalue weighted by Gasteiger charge is 2.32. The second kappa shape index (κ2) is 5.79. The summed E-state index contributed by atoms with van der Waals surface area (Å²) in [4.78, 5) is 13.7. The molecule has 0 spiro atoms. The second-order valence-corrected chi connectivity index (χ2v) is 5.83. The third kappa shape index (κ3) is 3.93. The Morgan fingerprint density at radius 3 is 2.65 bits per heavy atom. The molecule has 0 aromatic heterocycles. The summed E-state index contributed by atoms with van der Waals surface area (Å²) in [5.41, 5.74) is 0.395. The quantitative estimate of drug-likeness (QED) is 0.836. The lowest BCUT2D eigenvalue weighted by atomic mass is 10.1. The molecule has 1 fully saturated rings. The standard InChI is InChI=1S/C15H20FNO3/c1-15(2,3)20-14(18)17-8-9-19-13(17)10-11-4-6-12(16)7-5-11/h4-7,13H,8-10H2,1-3H3. The first-order valence-corrected chi connectivity index (χ1v) is 6.71. The Balaban J connectivity index is 2.00. The second-order valence-electron chi connectivity index (χ2n) is 5.83. The average Bonchev–Trinajstić information content (AvgIpc) is 2.78. The molecule has 1 aliphatic heterocycles. The summed E-state index contributed by atoms with van der Waals surface area (Å²) < 4.78 is 23.8. The monoisotopic (exact) mass is 281 g/mol. The van der Waals surface area contributed by atoms with E-state index in [1.165, 1.54) is 12.1 Å². The minimum Gasteiger partial charge on any atom is -0.444 e. The van der Waals surface area contributed by atoms with Gasteiger partial charge in [0, 0.05) is 6.42 Å². The first-order valence-electron chi connectivity index (χ1n) is 6.71. The molecule has 1 aliphatic rings. The number of nitrogens with zero attached hydrogens (tertiary/aromatic N) is 1. The van der Waals surface area contributed by atoms with Crippen LogP contribution in [0.1, 0.15) is 26.3 Å². The van der Waals surface area contributed by atoms with E-state index in [2.05, 4.69) is 0 Å². The Labute approximate surface area is 118 Å². The zero-order valence-electron chi connectivity index (χ0n) is 12.1. The van der Waals surface area contributed by atoms with Gasteiger partial charge in [-0.05, 0) is 38.5 Å². The van der Waals surface area contributed by atoms with Crippen LogP contribution in [0.25, 0.3) is 0 Å². The molecule has 1 unspecified atom stereocenters. The molecule has 0 saturated carbocycles. The van der Waals surface area contributed by atoms with Crippen LogP contribution < -0.4 is 0 Å². The molecule has 1 heterocycles. The molecule has 0 radical (unpaired) electrons. The van der Waals surface area contributed by atoms with E-state index >= 15 is 0 Å². The van der Waals surface area contributed by atoms with Crippen LogP contribution in [0.4, 0.5) is 9.18 Å². The number of rotatable bonds is 2. The Bertz CT molecular complexity index is 467. The molecule has 0 bridgehead atoms. The van der Waals surface area contributed by atoms with E-state index in [9.17, 15) is 9.18 Å². The lowest BCUT2D eigenvalue weighted by Gasteiger charge is -2.27. The van der Waals surface area contributed by atoms with E-state index in [0.29, 0.717) is 19.6 Å². The van der Waals surface area contributed by atoms with Crippen molar-refractivity contribution in [2.45, 2.75) is 39.0 Å². The van der Waals surface area contributed by atoms with Gasteiger partial charge in [0.25, 0.3) is 0 Å². The van der Waals surface area contributed by atoms with Crippen molar-refractivity contribution in [3.63, 3.8) is 0 Å². The van der Waals surface area contributed by atoms with Crippen molar-refractivity contribution in [1.82, 2.24) is 4.90 Å². The van der Waals surface area contributed by atoms with Gasteiger partial charge in [-0.2, -0.15) is 0 Å². The fourth-order valence-electron chi connectivity index (χ4n) is 2.04. The van der Waals surface area contributed by atoms with Gasteiger partial charge in [0.2, 0.25) is 0 Å². The molecular weight excluding hydrogens is 261 g/mol. The number of carbonyl (C=O) groups is 1. The molecule has 1 aromatic rings. The van der Waals surface area contributed by atoms with Crippen LogP contribution in [0.5, 0.6) is 0 Å². The zero-order valence-corrected chi connectivity index (χ0v) is 12.1. The van der Waals surface area contributed by atoms with Gasteiger partial charge >= 0.3 is 6.09 Å². The van der Waals surface area contributed by atoms with Gasteiger partial charge in [0.05, 0.1) is 13.2 Å². The number of amides is 1. The van der Waals surface area contributed by atoms with Gasteiger partial charge in [-0.15, -0.1) is 0 Å². The van der Waals surface area contributed by atoms with Crippen LogP contribution in [0, 0.1) is 5.82 Å². The number of ether oxygens (including phenoxy) is 2. The van der Waals surface area contributed by atoms with Crippen molar-refractivity contribution in [3.05, 3.63) is 35.6 Å². The molecule has 0 aliphatic carbocycles. The van der Waals surface area contributed by atoms with E-state index < -0.39 is 5.60 Å². The smallest absolute Gasteiger partial charge is 0.412 e. The Morgan fingerprint density at radius 1 is 1.40 bits per heavy atom. The van der Waals surface area contributed by atoms with Gasteiger partial charge in [0.15, 0.2) is 0 Å². The highest BCUT2D eigenvalue weighted by Crippen LogP contribution is 2.19. The lowest BCUT2D eigenvalue weighted by Crippen LogP contribution is -2.41. The lowest BCUT2D eigenvalue weighted by molar-refractivity contribution is -0.00832. The maximum atomic E-state index is 12.9. The highest BCUT2D eigenvalue weighted by atomic mass is 19.1. The number of benzene rings is 1. The maximum Gasteiger partial charge on any atom is 0.412 e. The largest absolute Gasteiger partial charge is 0.444 e. The summed E-state index contributed by atoms with van der Waals surface area (Å²) in [5.74, 6) is -0.273. The minimum atomic E-state index is -0.528. The highest BCUT2D eigenvalue weighted by molar-refractivity contribution is 5.68. The van der Waals surface area contributed by atoms with Gasteiger partial charge in [-0.25, -0.2) is 9.18 Å². The number of hydrogen-bond acceptors (Lipinski definition) is 3. The third-order valence-electron chi connectivity index (χ3n) is 2.94. The summed E-state index contributed by atoms with van der Waals surface area (Å²) in [5, 5.41) is 0. The van der Waals surface area contributed by atoms with Gasteiger partial charge < -0.3 is 9.47 Å². The summed E-state index contributed by atoms with van der Waals surface area (Å²) in [6, 6.07) is 6.21. The van der Waals surface area contributed by atoms with Crippen LogP contribution in [0.15, 0.2) is 24.3 Å². The fourth-order valence-corrected chi connectivity index (χ4v) is 2.04. The van der Waals surface area contributed by atoms with Crippen LogP contribution in [0.2, 0.25) is 0 Å². The molecule has 4 nitrogen and oxygen atoms in total. The summed E-state index contributed by atoms with van der Waals surface area (Å²) in [6.07, 6.45) is -0.197. The molecular formula is C15H20FNO3. The van der Waals surface area contributed by atoms with E-state index in [1.54, 1.807) is 17.0 Å². The third-order valence-corrected chi connectivity index (χ3v) is 2.94. The van der Waals surface area contributed by atoms with Crippen molar-refractivity contribution in [3.8, 4) is 0 Å². The van der Waals surface area contributed by atoms with E-state index in [4.69, 9.17) is 9.47 Å². The van der Waals surface area contributed by atoms with E-state index in [0.717, 1.165) is 5.56 Å².